The van der Waals surface area contributed by atoms with Gasteiger partial charge in [-0.2, -0.15) is 5.10 Å². The summed E-state index contributed by atoms with van der Waals surface area (Å²) in [6, 6.07) is 11.4. The number of nitro groups is 1. The van der Waals surface area contributed by atoms with Gasteiger partial charge in [0, 0.05) is 24.7 Å². The van der Waals surface area contributed by atoms with Crippen LogP contribution in [0.25, 0.3) is 16.7 Å². The summed E-state index contributed by atoms with van der Waals surface area (Å²) in [6.45, 7) is 1.52. The van der Waals surface area contributed by atoms with E-state index >= 15 is 0 Å². The second-order valence-corrected chi connectivity index (χ2v) is 7.65. The largest absolute Gasteiger partial charge is 0.366 e. The summed E-state index contributed by atoms with van der Waals surface area (Å²) >= 11 is 0. The standard InChI is InChI=1S/C22H19N7O4/c30-21(14-7-8-18(19(11-14)29(32)33)27-9-3-4-10-27)26-16-5-1-2-6-17(16)28-20-15(12-25-28)22(31)24-13-23-20/h1-2,5-8,11-13H,3-4,9-10H2,(H,26,30)(H,23,24,31). The SMILES string of the molecule is O=C(Nc1ccccc1-n1ncc2c(=O)[nH]cnc21)c1ccc(N2CCCC2)c([N+](=O)[O-])c1. The number of benzene rings is 2. The highest BCUT2D eigenvalue weighted by molar-refractivity contribution is 6.06. The molecule has 5 rings (SSSR count). The topological polar surface area (TPSA) is 139 Å². The highest BCUT2D eigenvalue weighted by Gasteiger charge is 2.24. The van der Waals surface area contributed by atoms with Gasteiger partial charge in [-0.3, -0.25) is 19.7 Å². The zero-order chi connectivity index (χ0) is 22.9. The molecular formula is C22H19N7O4. The van der Waals surface area contributed by atoms with Crippen molar-refractivity contribution >= 4 is 34.0 Å². The Morgan fingerprint density at radius 2 is 1.91 bits per heavy atom. The number of fused-ring (bicyclic) bond motifs is 1. The molecule has 0 atom stereocenters. The molecule has 0 saturated carbocycles. The van der Waals surface area contributed by atoms with Gasteiger partial charge >= 0.3 is 0 Å². The van der Waals surface area contributed by atoms with Gasteiger partial charge in [-0.05, 0) is 37.1 Å². The van der Waals surface area contributed by atoms with Gasteiger partial charge in [-0.25, -0.2) is 9.67 Å². The number of carbonyl (C=O) groups excluding carboxylic acids is 1. The van der Waals surface area contributed by atoms with Gasteiger partial charge in [0.2, 0.25) is 0 Å². The first-order valence-electron chi connectivity index (χ1n) is 10.4. The number of rotatable bonds is 5. The fourth-order valence-electron chi connectivity index (χ4n) is 4.03. The maximum Gasteiger partial charge on any atom is 0.293 e. The van der Waals surface area contributed by atoms with Crippen LogP contribution in [0.1, 0.15) is 23.2 Å². The molecule has 166 valence electrons. The Kier molecular flexibility index (Phi) is 5.05. The summed E-state index contributed by atoms with van der Waals surface area (Å²) in [5, 5.41) is 19.0. The van der Waals surface area contributed by atoms with E-state index in [0.29, 0.717) is 28.1 Å². The molecule has 0 unspecified atom stereocenters. The number of aromatic amines is 1. The third-order valence-corrected chi connectivity index (χ3v) is 5.63. The van der Waals surface area contributed by atoms with Crippen molar-refractivity contribution in [1.29, 1.82) is 0 Å². The van der Waals surface area contributed by atoms with Crippen LogP contribution in [-0.4, -0.2) is 43.7 Å². The zero-order valence-corrected chi connectivity index (χ0v) is 17.4. The van der Waals surface area contributed by atoms with Crippen molar-refractivity contribution < 1.29 is 9.72 Å². The molecule has 1 aliphatic heterocycles. The van der Waals surface area contributed by atoms with E-state index in [1.165, 1.54) is 23.3 Å². The minimum atomic E-state index is -0.499. The van der Waals surface area contributed by atoms with Crippen LogP contribution in [0, 0.1) is 10.1 Å². The monoisotopic (exact) mass is 445 g/mol. The lowest BCUT2D eigenvalue weighted by Gasteiger charge is -2.18. The molecule has 1 aliphatic rings. The lowest BCUT2D eigenvalue weighted by atomic mass is 10.1. The quantitative estimate of drug-likeness (QED) is 0.356. The van der Waals surface area contributed by atoms with Crippen molar-refractivity contribution in [2.24, 2.45) is 0 Å². The predicted molar refractivity (Wildman–Crippen MR) is 122 cm³/mol. The number of carbonyl (C=O) groups is 1. The van der Waals surface area contributed by atoms with E-state index in [0.717, 1.165) is 25.9 Å². The lowest BCUT2D eigenvalue weighted by Crippen LogP contribution is -2.20. The van der Waals surface area contributed by atoms with Crippen LogP contribution in [-0.2, 0) is 0 Å². The van der Waals surface area contributed by atoms with Crippen molar-refractivity contribution in [1.82, 2.24) is 19.7 Å². The van der Waals surface area contributed by atoms with Crippen LogP contribution in [0.4, 0.5) is 17.1 Å². The fourth-order valence-corrected chi connectivity index (χ4v) is 4.03. The first kappa shape index (κ1) is 20.4. The van der Waals surface area contributed by atoms with Crippen LogP contribution >= 0.6 is 0 Å². The first-order chi connectivity index (χ1) is 16.0. The number of nitrogens with zero attached hydrogens (tertiary/aromatic N) is 5. The summed E-state index contributed by atoms with van der Waals surface area (Å²) in [4.78, 5) is 44.9. The summed E-state index contributed by atoms with van der Waals surface area (Å²) in [5.74, 6) is -0.499. The lowest BCUT2D eigenvalue weighted by molar-refractivity contribution is -0.384. The summed E-state index contributed by atoms with van der Waals surface area (Å²) in [7, 11) is 0. The number of hydrogen-bond acceptors (Lipinski definition) is 7. The summed E-state index contributed by atoms with van der Waals surface area (Å²) < 4.78 is 1.46. The van der Waals surface area contributed by atoms with Crippen molar-refractivity contribution in [2.45, 2.75) is 12.8 Å². The second-order valence-electron chi connectivity index (χ2n) is 7.65. The Hall–Kier alpha value is -4.54. The molecule has 0 spiro atoms. The van der Waals surface area contributed by atoms with E-state index in [4.69, 9.17) is 0 Å². The Bertz CT molecular complexity index is 1440. The molecule has 0 bridgehead atoms. The van der Waals surface area contributed by atoms with Crippen LogP contribution < -0.4 is 15.8 Å². The molecule has 1 fully saturated rings. The van der Waals surface area contributed by atoms with Gasteiger partial charge in [0.15, 0.2) is 5.65 Å². The van der Waals surface area contributed by atoms with Crippen LogP contribution in [0.3, 0.4) is 0 Å². The number of H-pyrrole nitrogens is 1. The zero-order valence-electron chi connectivity index (χ0n) is 17.4. The number of nitro benzene ring substituents is 1. The molecule has 11 nitrogen and oxygen atoms in total. The van der Waals surface area contributed by atoms with Crippen molar-refractivity contribution in [3.8, 4) is 5.69 Å². The Balaban J connectivity index is 1.49. The minimum Gasteiger partial charge on any atom is -0.366 e. The van der Waals surface area contributed by atoms with E-state index in [-0.39, 0.29) is 16.8 Å². The fraction of sp³-hybridized carbons (Fsp3) is 0.182. The Morgan fingerprint density at radius 1 is 1.12 bits per heavy atom. The highest BCUT2D eigenvalue weighted by atomic mass is 16.6. The molecule has 11 heteroatoms. The molecular weight excluding hydrogens is 426 g/mol. The normalized spacial score (nSPS) is 13.4. The van der Waals surface area contributed by atoms with Crippen molar-refractivity contribution in [2.75, 3.05) is 23.3 Å². The molecule has 0 radical (unpaired) electrons. The first-order valence-corrected chi connectivity index (χ1v) is 10.4. The van der Waals surface area contributed by atoms with Gasteiger partial charge in [0.25, 0.3) is 17.2 Å². The molecule has 0 aliphatic carbocycles. The van der Waals surface area contributed by atoms with E-state index in [2.05, 4.69) is 20.4 Å². The van der Waals surface area contributed by atoms with Gasteiger partial charge in [-0.1, -0.05) is 12.1 Å². The third kappa shape index (κ3) is 3.69. The van der Waals surface area contributed by atoms with Crippen molar-refractivity contribution in [3.05, 3.63) is 81.0 Å². The number of aromatic nitrogens is 4. The highest BCUT2D eigenvalue weighted by Crippen LogP contribution is 2.32. The van der Waals surface area contributed by atoms with Gasteiger partial charge in [0.1, 0.15) is 11.1 Å². The molecule has 1 amide bonds. The minimum absolute atomic E-state index is 0.0978. The molecule has 2 aromatic heterocycles. The summed E-state index contributed by atoms with van der Waals surface area (Å²) in [5.41, 5.74) is 1.53. The number of para-hydroxylation sites is 2. The maximum atomic E-state index is 13.0. The second kappa shape index (κ2) is 8.19. The summed E-state index contributed by atoms with van der Waals surface area (Å²) in [6.07, 6.45) is 4.66. The number of anilines is 2. The van der Waals surface area contributed by atoms with Crippen LogP contribution in [0.15, 0.2) is 59.8 Å². The third-order valence-electron chi connectivity index (χ3n) is 5.63. The molecule has 33 heavy (non-hydrogen) atoms. The number of amides is 1. The average Bonchev–Trinajstić information content (AvgIpc) is 3.50. The molecule has 4 aromatic rings. The number of nitrogens with one attached hydrogen (secondary N) is 2. The van der Waals surface area contributed by atoms with Crippen LogP contribution in [0.5, 0.6) is 0 Å². The van der Waals surface area contributed by atoms with E-state index in [1.54, 1.807) is 36.4 Å². The molecule has 2 aromatic carbocycles. The molecule has 2 N–H and O–H groups in total. The maximum absolute atomic E-state index is 13.0. The van der Waals surface area contributed by atoms with Gasteiger partial charge < -0.3 is 15.2 Å². The van der Waals surface area contributed by atoms with E-state index in [9.17, 15) is 19.7 Å². The van der Waals surface area contributed by atoms with Gasteiger partial charge in [-0.15, -0.1) is 0 Å². The van der Waals surface area contributed by atoms with Crippen molar-refractivity contribution in [3.63, 3.8) is 0 Å². The average molecular weight is 445 g/mol. The predicted octanol–water partition coefficient (Wildman–Crippen LogP) is 2.87. The Labute approximate surface area is 186 Å². The smallest absolute Gasteiger partial charge is 0.293 e. The van der Waals surface area contributed by atoms with Gasteiger partial charge in [0.05, 0.1) is 28.8 Å². The van der Waals surface area contributed by atoms with E-state index < -0.39 is 10.8 Å². The molecule has 1 saturated heterocycles. The molecule has 3 heterocycles. The number of hydrogen-bond donors (Lipinski definition) is 2. The van der Waals surface area contributed by atoms with E-state index in [1.807, 2.05) is 4.90 Å². The Morgan fingerprint density at radius 3 is 2.70 bits per heavy atom. The van der Waals surface area contributed by atoms with Crippen LogP contribution in [0.2, 0.25) is 0 Å².